The van der Waals surface area contributed by atoms with Gasteiger partial charge < -0.3 is 20.6 Å². The van der Waals surface area contributed by atoms with Crippen molar-refractivity contribution in [3.63, 3.8) is 0 Å². The zero-order valence-electron chi connectivity index (χ0n) is 9.79. The molecule has 0 spiro atoms. The number of furan rings is 1. The van der Waals surface area contributed by atoms with Gasteiger partial charge in [0.05, 0.1) is 18.4 Å². The van der Waals surface area contributed by atoms with Gasteiger partial charge in [0.1, 0.15) is 11.5 Å². The molecule has 0 radical (unpaired) electrons. The lowest BCUT2D eigenvalue weighted by Gasteiger charge is -2.02. The number of carboxylic acid groups (broad SMARTS) is 1. The third-order valence-electron chi connectivity index (χ3n) is 2.31. The lowest BCUT2D eigenvalue weighted by atomic mass is 10.3. The van der Waals surface area contributed by atoms with E-state index in [9.17, 15) is 9.59 Å². The van der Waals surface area contributed by atoms with Crippen LogP contribution in [-0.4, -0.2) is 22.0 Å². The second-order valence-electron chi connectivity index (χ2n) is 3.73. The molecule has 0 atom stereocenters. The minimum atomic E-state index is -1.15. The molecule has 1 amide bonds. The monoisotopic (exact) mass is 261 g/mol. The topological polar surface area (TPSA) is 118 Å². The summed E-state index contributed by atoms with van der Waals surface area (Å²) in [7, 11) is 0. The zero-order valence-corrected chi connectivity index (χ0v) is 9.79. The largest absolute Gasteiger partial charge is 0.475 e. The van der Waals surface area contributed by atoms with Crippen LogP contribution in [0.2, 0.25) is 0 Å². The average molecular weight is 261 g/mol. The SMILES string of the molecule is Nc1ccc(C(=O)NCc2ccc(C(=O)O)o2)nc1. The molecule has 0 aromatic carbocycles. The van der Waals surface area contributed by atoms with Crippen LogP contribution in [0.15, 0.2) is 34.9 Å². The summed E-state index contributed by atoms with van der Waals surface area (Å²) in [6.45, 7) is 0.0815. The van der Waals surface area contributed by atoms with Crippen LogP contribution in [0.4, 0.5) is 5.69 Å². The second-order valence-corrected chi connectivity index (χ2v) is 3.73. The number of carbonyl (C=O) groups is 2. The fraction of sp³-hybridized carbons (Fsp3) is 0.0833. The molecular weight excluding hydrogens is 250 g/mol. The molecule has 98 valence electrons. The van der Waals surface area contributed by atoms with Gasteiger partial charge >= 0.3 is 5.97 Å². The number of nitrogen functional groups attached to an aromatic ring is 1. The van der Waals surface area contributed by atoms with Gasteiger partial charge in [-0.15, -0.1) is 0 Å². The minimum Gasteiger partial charge on any atom is -0.475 e. The predicted molar refractivity (Wildman–Crippen MR) is 65.5 cm³/mol. The van der Waals surface area contributed by atoms with Crippen molar-refractivity contribution in [3.8, 4) is 0 Å². The number of hydrogen-bond acceptors (Lipinski definition) is 5. The Morgan fingerprint density at radius 2 is 2.11 bits per heavy atom. The maximum absolute atomic E-state index is 11.7. The number of aromatic nitrogens is 1. The van der Waals surface area contributed by atoms with E-state index >= 15 is 0 Å². The summed E-state index contributed by atoms with van der Waals surface area (Å²) in [5.74, 6) is -1.37. The van der Waals surface area contributed by atoms with Crippen molar-refractivity contribution in [2.75, 3.05) is 5.73 Å². The molecule has 2 rings (SSSR count). The lowest BCUT2D eigenvalue weighted by Crippen LogP contribution is -2.23. The van der Waals surface area contributed by atoms with Crippen molar-refractivity contribution in [1.82, 2.24) is 10.3 Å². The Bertz CT molecular complexity index is 604. The standard InChI is InChI=1S/C12H11N3O4/c13-7-1-3-9(14-5-7)11(16)15-6-8-2-4-10(19-8)12(17)18/h1-5H,6,13H2,(H,15,16)(H,17,18). The molecular formula is C12H11N3O4. The molecule has 19 heavy (non-hydrogen) atoms. The van der Waals surface area contributed by atoms with Gasteiger partial charge in [-0.3, -0.25) is 4.79 Å². The van der Waals surface area contributed by atoms with E-state index in [0.717, 1.165) is 0 Å². The molecule has 0 saturated heterocycles. The number of hydrogen-bond donors (Lipinski definition) is 3. The van der Waals surface area contributed by atoms with Gasteiger partial charge in [-0.05, 0) is 24.3 Å². The van der Waals surface area contributed by atoms with Crippen LogP contribution in [0.1, 0.15) is 26.8 Å². The lowest BCUT2D eigenvalue weighted by molar-refractivity contribution is 0.0660. The molecule has 4 N–H and O–H groups in total. The summed E-state index contributed by atoms with van der Waals surface area (Å²) in [6, 6.07) is 5.87. The fourth-order valence-corrected chi connectivity index (χ4v) is 1.39. The van der Waals surface area contributed by atoms with Gasteiger partial charge in [-0.25, -0.2) is 9.78 Å². The van der Waals surface area contributed by atoms with Crippen LogP contribution >= 0.6 is 0 Å². The number of nitrogens with one attached hydrogen (secondary N) is 1. The highest BCUT2D eigenvalue weighted by molar-refractivity contribution is 5.92. The Hall–Kier alpha value is -2.83. The average Bonchev–Trinajstić information content (AvgIpc) is 2.86. The van der Waals surface area contributed by atoms with Gasteiger partial charge in [-0.1, -0.05) is 0 Å². The molecule has 2 aromatic rings. The number of nitrogens with two attached hydrogens (primary N) is 1. The Kier molecular flexibility index (Phi) is 3.46. The van der Waals surface area contributed by atoms with Crippen molar-refractivity contribution in [3.05, 3.63) is 47.7 Å². The maximum atomic E-state index is 11.7. The van der Waals surface area contributed by atoms with Gasteiger partial charge in [0.25, 0.3) is 5.91 Å². The van der Waals surface area contributed by atoms with Crippen molar-refractivity contribution in [1.29, 1.82) is 0 Å². The van der Waals surface area contributed by atoms with Crippen LogP contribution in [0, 0.1) is 0 Å². The molecule has 0 bridgehead atoms. The number of rotatable bonds is 4. The normalized spacial score (nSPS) is 10.1. The first kappa shape index (κ1) is 12.6. The molecule has 0 unspecified atom stereocenters. The highest BCUT2D eigenvalue weighted by atomic mass is 16.4. The first-order valence-corrected chi connectivity index (χ1v) is 5.38. The van der Waals surface area contributed by atoms with E-state index in [1.807, 2.05) is 0 Å². The van der Waals surface area contributed by atoms with E-state index in [1.165, 1.54) is 24.4 Å². The third-order valence-corrected chi connectivity index (χ3v) is 2.31. The number of aromatic carboxylic acids is 1. The van der Waals surface area contributed by atoms with Gasteiger partial charge in [0.15, 0.2) is 0 Å². The van der Waals surface area contributed by atoms with Crippen molar-refractivity contribution in [2.45, 2.75) is 6.54 Å². The van der Waals surface area contributed by atoms with E-state index in [1.54, 1.807) is 6.07 Å². The van der Waals surface area contributed by atoms with Crippen LogP contribution < -0.4 is 11.1 Å². The number of amides is 1. The number of nitrogens with zero attached hydrogens (tertiary/aromatic N) is 1. The number of carboxylic acids is 1. The van der Waals surface area contributed by atoms with Crippen LogP contribution in [0.25, 0.3) is 0 Å². The molecule has 2 heterocycles. The number of pyridine rings is 1. The first-order chi connectivity index (χ1) is 9.06. The second kappa shape index (κ2) is 5.21. The van der Waals surface area contributed by atoms with E-state index < -0.39 is 11.9 Å². The highest BCUT2D eigenvalue weighted by Crippen LogP contribution is 2.08. The first-order valence-electron chi connectivity index (χ1n) is 5.38. The molecule has 7 nitrogen and oxygen atoms in total. The molecule has 0 saturated carbocycles. The molecule has 2 aromatic heterocycles. The van der Waals surface area contributed by atoms with E-state index in [4.69, 9.17) is 15.3 Å². The van der Waals surface area contributed by atoms with Crippen LogP contribution in [0.3, 0.4) is 0 Å². The van der Waals surface area contributed by atoms with E-state index in [0.29, 0.717) is 11.4 Å². The molecule has 0 aliphatic heterocycles. The van der Waals surface area contributed by atoms with Crippen molar-refractivity contribution in [2.24, 2.45) is 0 Å². The Morgan fingerprint density at radius 1 is 1.32 bits per heavy atom. The smallest absolute Gasteiger partial charge is 0.371 e. The van der Waals surface area contributed by atoms with Gasteiger partial charge in [0.2, 0.25) is 5.76 Å². The van der Waals surface area contributed by atoms with Crippen molar-refractivity contribution >= 4 is 17.6 Å². The Morgan fingerprint density at radius 3 is 2.68 bits per heavy atom. The van der Waals surface area contributed by atoms with E-state index in [-0.39, 0.29) is 18.0 Å². The van der Waals surface area contributed by atoms with Crippen LogP contribution in [0.5, 0.6) is 0 Å². The van der Waals surface area contributed by atoms with Crippen LogP contribution in [-0.2, 0) is 6.54 Å². The summed E-state index contributed by atoms with van der Waals surface area (Å²) >= 11 is 0. The summed E-state index contributed by atoms with van der Waals surface area (Å²) in [5.41, 5.74) is 6.15. The maximum Gasteiger partial charge on any atom is 0.371 e. The number of anilines is 1. The number of carbonyl (C=O) groups excluding carboxylic acids is 1. The molecule has 0 aliphatic rings. The molecule has 7 heteroatoms. The molecule has 0 aliphatic carbocycles. The summed E-state index contributed by atoms with van der Waals surface area (Å²) < 4.78 is 5.00. The zero-order chi connectivity index (χ0) is 13.8. The minimum absolute atomic E-state index is 0.0815. The summed E-state index contributed by atoms with van der Waals surface area (Å²) in [5, 5.41) is 11.2. The predicted octanol–water partition coefficient (Wildman–Crippen LogP) is 0.885. The third kappa shape index (κ3) is 3.09. The quantitative estimate of drug-likeness (QED) is 0.751. The highest BCUT2D eigenvalue weighted by Gasteiger charge is 2.11. The van der Waals surface area contributed by atoms with Gasteiger partial charge in [-0.2, -0.15) is 0 Å². The Balaban J connectivity index is 1.96. The van der Waals surface area contributed by atoms with Crippen molar-refractivity contribution < 1.29 is 19.1 Å². The Labute approximate surface area is 108 Å². The fourth-order valence-electron chi connectivity index (χ4n) is 1.39. The van der Waals surface area contributed by atoms with E-state index in [2.05, 4.69) is 10.3 Å². The summed E-state index contributed by atoms with van der Waals surface area (Å²) in [4.78, 5) is 26.2. The summed E-state index contributed by atoms with van der Waals surface area (Å²) in [6.07, 6.45) is 1.38. The van der Waals surface area contributed by atoms with Gasteiger partial charge in [0, 0.05) is 0 Å². The molecule has 0 fully saturated rings.